The number of fused-ring (bicyclic) bond motifs is 6. The van der Waals surface area contributed by atoms with Gasteiger partial charge in [-0.1, -0.05) is 77.1 Å². The first kappa shape index (κ1) is 21.0. The average molecular weight is 447 g/mol. The molecule has 0 aliphatic carbocycles. The van der Waals surface area contributed by atoms with E-state index in [0.717, 1.165) is 28.8 Å². The lowest BCUT2D eigenvalue weighted by Crippen LogP contribution is -2.20. The van der Waals surface area contributed by atoms with Crippen LogP contribution in [-0.2, 0) is 17.3 Å². The molecule has 0 aliphatic heterocycles. The van der Waals surface area contributed by atoms with E-state index in [1.54, 1.807) is 0 Å². The van der Waals surface area contributed by atoms with Crippen LogP contribution in [0, 0.1) is 0 Å². The van der Waals surface area contributed by atoms with Crippen LogP contribution in [0.1, 0.15) is 51.3 Å². The molecule has 0 amide bonds. The zero-order chi connectivity index (χ0) is 23.7. The quantitative estimate of drug-likeness (QED) is 0.271. The van der Waals surface area contributed by atoms with E-state index in [2.05, 4.69) is 101 Å². The SMILES string of the molecule is CC(C)(C)c1cccc2oc3ccc(CC(C)(C)c4ccc5oc6ccccc6c5c4)cc3c12. The van der Waals surface area contributed by atoms with Gasteiger partial charge < -0.3 is 8.83 Å². The Balaban J connectivity index is 1.44. The molecule has 0 fully saturated rings. The van der Waals surface area contributed by atoms with Crippen LogP contribution in [0.2, 0.25) is 0 Å². The van der Waals surface area contributed by atoms with E-state index in [0.29, 0.717) is 0 Å². The van der Waals surface area contributed by atoms with E-state index >= 15 is 0 Å². The highest BCUT2D eigenvalue weighted by molar-refractivity contribution is 6.07. The third-order valence-electron chi connectivity index (χ3n) is 7.17. The molecule has 2 heteroatoms. The van der Waals surface area contributed by atoms with Crippen molar-refractivity contribution in [3.8, 4) is 0 Å². The molecule has 0 aliphatic rings. The van der Waals surface area contributed by atoms with Crippen LogP contribution in [0.15, 0.2) is 87.7 Å². The lowest BCUT2D eigenvalue weighted by molar-refractivity contribution is 0.523. The molecule has 6 rings (SSSR count). The van der Waals surface area contributed by atoms with E-state index in [1.807, 2.05) is 12.1 Å². The van der Waals surface area contributed by atoms with Gasteiger partial charge in [0.15, 0.2) is 0 Å². The predicted octanol–water partition coefficient (Wildman–Crippen LogP) is 9.30. The Morgan fingerprint density at radius 3 is 2.09 bits per heavy atom. The van der Waals surface area contributed by atoms with Gasteiger partial charge in [-0.2, -0.15) is 0 Å². The molecule has 6 aromatic rings. The zero-order valence-electron chi connectivity index (χ0n) is 20.5. The molecule has 34 heavy (non-hydrogen) atoms. The molecule has 0 bridgehead atoms. The molecule has 4 aromatic carbocycles. The fourth-order valence-corrected chi connectivity index (χ4v) is 5.37. The second kappa shape index (κ2) is 7.24. The maximum absolute atomic E-state index is 6.23. The third kappa shape index (κ3) is 3.32. The maximum Gasteiger partial charge on any atom is 0.135 e. The van der Waals surface area contributed by atoms with Crippen molar-refractivity contribution in [2.45, 2.75) is 51.9 Å². The first-order chi connectivity index (χ1) is 16.2. The molecule has 0 N–H and O–H groups in total. The van der Waals surface area contributed by atoms with Crippen molar-refractivity contribution in [1.82, 2.24) is 0 Å². The molecule has 0 spiro atoms. The van der Waals surface area contributed by atoms with Gasteiger partial charge in [0.1, 0.15) is 22.3 Å². The van der Waals surface area contributed by atoms with E-state index in [-0.39, 0.29) is 10.8 Å². The molecular formula is C32H30O2. The highest BCUT2D eigenvalue weighted by Gasteiger charge is 2.24. The first-order valence-electron chi connectivity index (χ1n) is 12.1. The summed E-state index contributed by atoms with van der Waals surface area (Å²) in [6, 6.07) is 28.0. The van der Waals surface area contributed by atoms with Gasteiger partial charge in [0, 0.05) is 21.5 Å². The lowest BCUT2D eigenvalue weighted by atomic mass is 9.78. The van der Waals surface area contributed by atoms with E-state index in [4.69, 9.17) is 8.83 Å². The molecule has 0 unspecified atom stereocenters. The maximum atomic E-state index is 6.23. The summed E-state index contributed by atoms with van der Waals surface area (Å²) in [7, 11) is 0. The minimum Gasteiger partial charge on any atom is -0.456 e. The Morgan fingerprint density at radius 2 is 1.26 bits per heavy atom. The van der Waals surface area contributed by atoms with Gasteiger partial charge >= 0.3 is 0 Å². The van der Waals surface area contributed by atoms with Gasteiger partial charge in [-0.3, -0.25) is 0 Å². The van der Waals surface area contributed by atoms with E-state index < -0.39 is 0 Å². The summed E-state index contributed by atoms with van der Waals surface area (Å²) in [4.78, 5) is 0. The third-order valence-corrected chi connectivity index (χ3v) is 7.17. The summed E-state index contributed by atoms with van der Waals surface area (Å²) in [6.07, 6.45) is 0.939. The number of benzene rings is 4. The first-order valence-corrected chi connectivity index (χ1v) is 12.1. The summed E-state index contributed by atoms with van der Waals surface area (Å²) >= 11 is 0. The molecule has 2 nitrogen and oxygen atoms in total. The van der Waals surface area contributed by atoms with Gasteiger partial charge in [-0.05, 0) is 70.3 Å². The van der Waals surface area contributed by atoms with Gasteiger partial charge in [0.2, 0.25) is 0 Å². The highest BCUT2D eigenvalue weighted by Crippen LogP contribution is 2.39. The number of furan rings is 2. The Hall–Kier alpha value is -3.52. The fraction of sp³-hybridized carbons (Fsp3) is 0.250. The Labute approximate surface area is 200 Å². The summed E-state index contributed by atoms with van der Waals surface area (Å²) in [5, 5.41) is 4.82. The second-order valence-corrected chi connectivity index (χ2v) is 11.2. The summed E-state index contributed by atoms with van der Waals surface area (Å²) < 4.78 is 12.3. The molecule has 0 radical (unpaired) electrons. The minimum absolute atomic E-state index is 0.0351. The number of hydrogen-bond donors (Lipinski definition) is 0. The van der Waals surface area contributed by atoms with Crippen molar-refractivity contribution in [3.63, 3.8) is 0 Å². The van der Waals surface area contributed by atoms with Crippen molar-refractivity contribution in [3.05, 3.63) is 95.6 Å². The van der Waals surface area contributed by atoms with Crippen molar-refractivity contribution in [1.29, 1.82) is 0 Å². The van der Waals surface area contributed by atoms with Gasteiger partial charge in [-0.15, -0.1) is 0 Å². The van der Waals surface area contributed by atoms with Crippen LogP contribution in [0.3, 0.4) is 0 Å². The number of hydrogen-bond acceptors (Lipinski definition) is 2. The standard InChI is InChI=1S/C32H30O2/c1-31(2,3)25-10-8-12-29-30(25)24-17-20(13-15-28(24)34-29)19-32(4,5)21-14-16-27-23(18-21)22-9-6-7-11-26(22)33-27/h6-18H,19H2,1-5H3. The zero-order valence-corrected chi connectivity index (χ0v) is 20.5. The Morgan fingerprint density at radius 1 is 0.588 bits per heavy atom. The van der Waals surface area contributed by atoms with Gasteiger partial charge in [-0.25, -0.2) is 0 Å². The normalized spacial score (nSPS) is 13.0. The van der Waals surface area contributed by atoms with Crippen LogP contribution in [0.4, 0.5) is 0 Å². The van der Waals surface area contributed by atoms with Crippen molar-refractivity contribution >= 4 is 43.9 Å². The fourth-order valence-electron chi connectivity index (χ4n) is 5.37. The smallest absolute Gasteiger partial charge is 0.135 e. The van der Waals surface area contributed by atoms with Crippen LogP contribution < -0.4 is 0 Å². The van der Waals surface area contributed by atoms with E-state index in [9.17, 15) is 0 Å². The van der Waals surface area contributed by atoms with E-state index in [1.165, 1.54) is 38.2 Å². The molecular weight excluding hydrogens is 416 g/mol. The highest BCUT2D eigenvalue weighted by atomic mass is 16.3. The Bertz CT molecular complexity index is 1690. The molecule has 0 saturated heterocycles. The Kier molecular flexibility index (Phi) is 4.48. The minimum atomic E-state index is -0.0351. The summed E-state index contributed by atoms with van der Waals surface area (Å²) in [6.45, 7) is 11.5. The molecule has 2 aromatic heterocycles. The molecule has 0 atom stereocenters. The molecule has 0 saturated carbocycles. The average Bonchev–Trinajstić information content (AvgIpc) is 3.35. The largest absolute Gasteiger partial charge is 0.456 e. The number of rotatable bonds is 3. The number of para-hydroxylation sites is 1. The van der Waals surface area contributed by atoms with Gasteiger partial charge in [0.05, 0.1) is 0 Å². The predicted molar refractivity (Wildman–Crippen MR) is 143 cm³/mol. The lowest BCUT2D eigenvalue weighted by Gasteiger charge is -2.26. The van der Waals surface area contributed by atoms with Crippen LogP contribution in [-0.4, -0.2) is 0 Å². The topological polar surface area (TPSA) is 26.3 Å². The summed E-state index contributed by atoms with van der Waals surface area (Å²) in [5.41, 5.74) is 7.80. The van der Waals surface area contributed by atoms with Crippen LogP contribution in [0.25, 0.3) is 43.9 Å². The summed E-state index contributed by atoms with van der Waals surface area (Å²) in [5.74, 6) is 0. The van der Waals surface area contributed by atoms with Crippen molar-refractivity contribution in [2.75, 3.05) is 0 Å². The van der Waals surface area contributed by atoms with Crippen LogP contribution >= 0.6 is 0 Å². The van der Waals surface area contributed by atoms with Crippen molar-refractivity contribution < 1.29 is 8.83 Å². The second-order valence-electron chi connectivity index (χ2n) is 11.2. The van der Waals surface area contributed by atoms with Crippen LogP contribution in [0.5, 0.6) is 0 Å². The molecule has 2 heterocycles. The van der Waals surface area contributed by atoms with Crippen molar-refractivity contribution in [2.24, 2.45) is 0 Å². The molecule has 170 valence electrons. The monoisotopic (exact) mass is 446 g/mol. The van der Waals surface area contributed by atoms with Gasteiger partial charge in [0.25, 0.3) is 0 Å².